The van der Waals surface area contributed by atoms with Crippen molar-refractivity contribution in [1.29, 1.82) is 0 Å². The van der Waals surface area contributed by atoms with Gasteiger partial charge in [0.2, 0.25) is 5.91 Å². The molecular formula is C21H25FN6O3. The van der Waals surface area contributed by atoms with Gasteiger partial charge < -0.3 is 19.3 Å². The van der Waals surface area contributed by atoms with Crippen molar-refractivity contribution in [3.63, 3.8) is 0 Å². The maximum Gasteiger partial charge on any atom is 0.248 e. The molecular weight excluding hydrogens is 403 g/mol. The minimum Gasteiger partial charge on any atom is -0.488 e. The fraction of sp³-hybridized carbons (Fsp3) is 0.429. The second-order valence-electron chi connectivity index (χ2n) is 7.63. The fourth-order valence-corrected chi connectivity index (χ4v) is 3.61. The van der Waals surface area contributed by atoms with Crippen LogP contribution in [0.15, 0.2) is 24.5 Å². The highest BCUT2D eigenvalue weighted by Crippen LogP contribution is 2.31. The molecule has 0 aliphatic carbocycles. The van der Waals surface area contributed by atoms with E-state index in [0.717, 1.165) is 11.2 Å². The van der Waals surface area contributed by atoms with E-state index in [0.29, 0.717) is 43.1 Å². The number of nitrogens with zero attached hydrogens (tertiary/aromatic N) is 5. The first kappa shape index (κ1) is 21.0. The molecule has 0 saturated carbocycles. The third kappa shape index (κ3) is 4.43. The molecule has 4 rings (SSSR count). The van der Waals surface area contributed by atoms with Gasteiger partial charge in [0.05, 0.1) is 17.3 Å². The number of fused-ring (bicyclic) bond motifs is 1. The molecule has 1 fully saturated rings. The lowest BCUT2D eigenvalue weighted by Gasteiger charge is -2.35. The smallest absolute Gasteiger partial charge is 0.248 e. The number of hydrogen-bond donors (Lipinski definition) is 1. The van der Waals surface area contributed by atoms with Crippen molar-refractivity contribution in [2.24, 2.45) is 0 Å². The van der Waals surface area contributed by atoms with Crippen LogP contribution < -0.4 is 9.64 Å². The van der Waals surface area contributed by atoms with E-state index in [1.807, 2.05) is 19.9 Å². The van der Waals surface area contributed by atoms with Crippen LogP contribution in [0.25, 0.3) is 22.3 Å². The van der Waals surface area contributed by atoms with Gasteiger partial charge in [0.1, 0.15) is 24.4 Å². The number of H-pyrrole nitrogens is 1. The van der Waals surface area contributed by atoms with Gasteiger partial charge in [-0.3, -0.25) is 9.89 Å². The molecule has 0 unspecified atom stereocenters. The molecule has 0 bridgehead atoms. The zero-order valence-corrected chi connectivity index (χ0v) is 17.8. The molecule has 0 atom stereocenters. The van der Waals surface area contributed by atoms with Crippen LogP contribution in [-0.2, 0) is 9.53 Å². The number of hydrogen-bond acceptors (Lipinski definition) is 7. The normalized spacial score (nSPS) is 14.5. The number of methoxy groups -OCH3 is 1. The summed E-state index contributed by atoms with van der Waals surface area (Å²) in [5.74, 6) is 0.470. The Morgan fingerprint density at radius 3 is 2.68 bits per heavy atom. The van der Waals surface area contributed by atoms with E-state index < -0.39 is 5.82 Å². The fourth-order valence-electron chi connectivity index (χ4n) is 3.61. The maximum absolute atomic E-state index is 14.3. The highest BCUT2D eigenvalue weighted by Gasteiger charge is 2.23. The quantitative estimate of drug-likeness (QED) is 0.643. The maximum atomic E-state index is 14.3. The van der Waals surface area contributed by atoms with Gasteiger partial charge in [0, 0.05) is 50.8 Å². The van der Waals surface area contributed by atoms with E-state index in [4.69, 9.17) is 9.47 Å². The van der Waals surface area contributed by atoms with E-state index in [9.17, 15) is 9.18 Å². The van der Waals surface area contributed by atoms with Gasteiger partial charge in [0.15, 0.2) is 11.6 Å². The van der Waals surface area contributed by atoms with Gasteiger partial charge in [0.25, 0.3) is 0 Å². The standard InChI is InChI=1S/C21H25FN6O3/c1-13(2)31-18-8-14-16(9-15(18)22)25-26-21(14)17-10-19(24-12-23-17)27-4-6-28(7-5-27)20(29)11-30-3/h8-10,12-13H,4-7,11H2,1-3H3,(H,25,26). The monoisotopic (exact) mass is 428 g/mol. The number of ether oxygens (including phenoxy) is 2. The predicted octanol–water partition coefficient (Wildman–Crippen LogP) is 2.24. The third-order valence-corrected chi connectivity index (χ3v) is 5.10. The largest absolute Gasteiger partial charge is 0.488 e. The van der Waals surface area contributed by atoms with Gasteiger partial charge in [-0.25, -0.2) is 14.4 Å². The SMILES string of the molecule is COCC(=O)N1CCN(c2cc(-c3n[nH]c4cc(F)c(OC(C)C)cc34)ncn2)CC1. The van der Waals surface area contributed by atoms with Crippen molar-refractivity contribution >= 4 is 22.6 Å². The van der Waals surface area contributed by atoms with Crippen molar-refractivity contribution in [1.82, 2.24) is 25.1 Å². The van der Waals surface area contributed by atoms with Crippen LogP contribution in [-0.4, -0.2) is 77.0 Å². The number of nitrogens with one attached hydrogen (secondary N) is 1. The summed E-state index contributed by atoms with van der Waals surface area (Å²) >= 11 is 0. The molecule has 3 heterocycles. The van der Waals surface area contributed by atoms with Crippen LogP contribution in [0.4, 0.5) is 10.2 Å². The first-order valence-corrected chi connectivity index (χ1v) is 10.1. The van der Waals surface area contributed by atoms with Crippen LogP contribution in [0, 0.1) is 5.82 Å². The number of rotatable bonds is 6. The topological polar surface area (TPSA) is 96.5 Å². The number of benzene rings is 1. The highest BCUT2D eigenvalue weighted by molar-refractivity contribution is 5.93. The summed E-state index contributed by atoms with van der Waals surface area (Å²) in [6.07, 6.45) is 1.34. The summed E-state index contributed by atoms with van der Waals surface area (Å²) in [5, 5.41) is 7.93. The summed E-state index contributed by atoms with van der Waals surface area (Å²) < 4.78 is 24.8. The van der Waals surface area contributed by atoms with E-state index in [-0.39, 0.29) is 24.4 Å². The van der Waals surface area contributed by atoms with Crippen molar-refractivity contribution in [3.05, 3.63) is 30.3 Å². The molecule has 31 heavy (non-hydrogen) atoms. The number of amides is 1. The van der Waals surface area contributed by atoms with E-state index in [2.05, 4.69) is 25.1 Å². The van der Waals surface area contributed by atoms with Crippen molar-refractivity contribution in [2.45, 2.75) is 20.0 Å². The van der Waals surface area contributed by atoms with Crippen LogP contribution in [0.1, 0.15) is 13.8 Å². The molecule has 10 heteroatoms. The Morgan fingerprint density at radius 2 is 1.97 bits per heavy atom. The second kappa shape index (κ2) is 8.84. The van der Waals surface area contributed by atoms with Gasteiger partial charge in [-0.05, 0) is 19.9 Å². The number of carbonyl (C=O) groups excluding carboxylic acids is 1. The Kier molecular flexibility index (Phi) is 5.99. The lowest BCUT2D eigenvalue weighted by atomic mass is 10.1. The number of carbonyl (C=O) groups is 1. The van der Waals surface area contributed by atoms with E-state index >= 15 is 0 Å². The van der Waals surface area contributed by atoms with Crippen molar-refractivity contribution < 1.29 is 18.7 Å². The Hall–Kier alpha value is -3.27. The average molecular weight is 428 g/mol. The number of anilines is 1. The molecule has 1 saturated heterocycles. The first-order chi connectivity index (χ1) is 15.0. The number of aromatic amines is 1. The summed E-state index contributed by atoms with van der Waals surface area (Å²) in [6, 6.07) is 4.88. The minimum atomic E-state index is -0.444. The number of piperazine rings is 1. The Morgan fingerprint density at radius 1 is 1.19 bits per heavy atom. The lowest BCUT2D eigenvalue weighted by Crippen LogP contribution is -2.50. The van der Waals surface area contributed by atoms with E-state index in [1.165, 1.54) is 19.5 Å². The van der Waals surface area contributed by atoms with Gasteiger partial charge >= 0.3 is 0 Å². The molecule has 1 aromatic carbocycles. The molecule has 1 amide bonds. The van der Waals surface area contributed by atoms with Crippen molar-refractivity contribution in [2.75, 3.05) is 44.8 Å². The molecule has 1 N–H and O–H groups in total. The summed E-state index contributed by atoms with van der Waals surface area (Å²) in [5.41, 5.74) is 1.78. The number of aromatic nitrogens is 4. The average Bonchev–Trinajstić information content (AvgIpc) is 3.16. The molecule has 164 valence electrons. The second-order valence-corrected chi connectivity index (χ2v) is 7.63. The Balaban J connectivity index is 1.58. The molecule has 2 aromatic heterocycles. The molecule has 0 radical (unpaired) electrons. The first-order valence-electron chi connectivity index (χ1n) is 10.1. The van der Waals surface area contributed by atoms with Gasteiger partial charge in [-0.1, -0.05) is 0 Å². The summed E-state index contributed by atoms with van der Waals surface area (Å²) in [6.45, 7) is 6.30. The molecule has 9 nitrogen and oxygen atoms in total. The molecule has 0 spiro atoms. The van der Waals surface area contributed by atoms with Crippen LogP contribution in [0.2, 0.25) is 0 Å². The zero-order valence-electron chi connectivity index (χ0n) is 17.8. The minimum absolute atomic E-state index is 0.0137. The van der Waals surface area contributed by atoms with Crippen LogP contribution in [0.5, 0.6) is 5.75 Å². The predicted molar refractivity (Wildman–Crippen MR) is 114 cm³/mol. The lowest BCUT2D eigenvalue weighted by molar-refractivity contribution is -0.135. The molecule has 1 aliphatic heterocycles. The molecule has 1 aliphatic rings. The Bertz CT molecular complexity index is 1080. The third-order valence-electron chi connectivity index (χ3n) is 5.10. The summed E-state index contributed by atoms with van der Waals surface area (Å²) in [7, 11) is 1.52. The van der Waals surface area contributed by atoms with E-state index in [1.54, 1.807) is 11.0 Å². The molecule has 3 aromatic rings. The highest BCUT2D eigenvalue weighted by atomic mass is 19.1. The van der Waals surface area contributed by atoms with Crippen molar-refractivity contribution in [3.8, 4) is 17.1 Å². The summed E-state index contributed by atoms with van der Waals surface area (Å²) in [4.78, 5) is 24.7. The van der Waals surface area contributed by atoms with Gasteiger partial charge in [-0.15, -0.1) is 0 Å². The zero-order chi connectivity index (χ0) is 22.0. The van der Waals surface area contributed by atoms with Crippen LogP contribution >= 0.6 is 0 Å². The van der Waals surface area contributed by atoms with Crippen LogP contribution in [0.3, 0.4) is 0 Å². The van der Waals surface area contributed by atoms with Gasteiger partial charge in [-0.2, -0.15) is 5.10 Å². The number of halogens is 1. The Labute approximate surface area is 179 Å².